The number of ether oxygens (including phenoxy) is 1. The molecule has 0 spiro atoms. The number of amides is 1. The van der Waals surface area contributed by atoms with Gasteiger partial charge in [0.05, 0.1) is 24.3 Å². The second-order valence-electron chi connectivity index (χ2n) is 7.81. The molecule has 0 saturated heterocycles. The molecule has 0 aromatic heterocycles. The van der Waals surface area contributed by atoms with Gasteiger partial charge in [-0.05, 0) is 50.1 Å². The molecule has 0 radical (unpaired) electrons. The number of nitrogens with zero attached hydrogens (tertiary/aromatic N) is 2. The van der Waals surface area contributed by atoms with Gasteiger partial charge < -0.3 is 9.84 Å². The molecule has 9 heteroatoms. The molecule has 0 aliphatic carbocycles. The summed E-state index contributed by atoms with van der Waals surface area (Å²) in [5.41, 5.74) is 4.59. The lowest BCUT2D eigenvalue weighted by molar-refractivity contribution is -0.121. The van der Waals surface area contributed by atoms with E-state index >= 15 is 0 Å². The molecule has 0 heterocycles. The first-order chi connectivity index (χ1) is 16.8. The van der Waals surface area contributed by atoms with Crippen LogP contribution < -0.4 is 10.2 Å². The van der Waals surface area contributed by atoms with Crippen LogP contribution in [-0.4, -0.2) is 49.6 Å². The highest BCUT2D eigenvalue weighted by Gasteiger charge is 2.26. The molecule has 0 unspecified atom stereocenters. The summed E-state index contributed by atoms with van der Waals surface area (Å²) < 4.78 is 33.1. The van der Waals surface area contributed by atoms with Crippen LogP contribution in [-0.2, 0) is 21.2 Å². The van der Waals surface area contributed by atoms with Gasteiger partial charge in [0.15, 0.2) is 11.5 Å². The van der Waals surface area contributed by atoms with Gasteiger partial charge >= 0.3 is 0 Å². The van der Waals surface area contributed by atoms with Gasteiger partial charge in [0.2, 0.25) is 10.0 Å². The van der Waals surface area contributed by atoms with Crippen molar-refractivity contribution in [3.05, 3.63) is 89.5 Å². The molecule has 0 fully saturated rings. The lowest BCUT2D eigenvalue weighted by Crippen LogP contribution is -2.40. The second kappa shape index (κ2) is 12.1. The highest BCUT2D eigenvalue weighted by atomic mass is 32.2. The fourth-order valence-electron chi connectivity index (χ4n) is 3.33. The third kappa shape index (κ3) is 7.14. The quantitative estimate of drug-likeness (QED) is 0.313. The van der Waals surface area contributed by atoms with Crippen molar-refractivity contribution in [2.75, 3.05) is 19.7 Å². The maximum atomic E-state index is 13.3. The minimum absolute atomic E-state index is 0.0983. The first-order valence-electron chi connectivity index (χ1n) is 11.2. The van der Waals surface area contributed by atoms with Crippen LogP contribution in [0.5, 0.6) is 11.5 Å². The van der Waals surface area contributed by atoms with Crippen molar-refractivity contribution in [3.63, 3.8) is 0 Å². The lowest BCUT2D eigenvalue weighted by atomic mass is 10.1. The number of aryl methyl sites for hydroxylation is 1. The molecule has 0 bridgehead atoms. The molecule has 0 saturated carbocycles. The number of rotatable bonds is 11. The van der Waals surface area contributed by atoms with Crippen molar-refractivity contribution in [2.24, 2.45) is 5.10 Å². The standard InChI is InChI=1S/C26H29N3O5S/c1-3-34-24-11-7-10-22(26(24)31)18-27-28-25(30)19-29(17-16-21-8-5-4-6-9-21)35(32,33)23-14-12-20(2)13-15-23/h4-15,18,31H,3,16-17,19H2,1-2H3,(H,28,30)/b27-18-. The van der Waals surface area contributed by atoms with E-state index in [-0.39, 0.29) is 17.2 Å². The molecule has 3 rings (SSSR count). The Morgan fingerprint density at radius 3 is 2.46 bits per heavy atom. The molecule has 1 amide bonds. The van der Waals surface area contributed by atoms with Crippen LogP contribution in [0, 0.1) is 6.92 Å². The average Bonchev–Trinajstić information content (AvgIpc) is 2.85. The molecule has 0 aliphatic rings. The van der Waals surface area contributed by atoms with Crippen molar-refractivity contribution in [1.29, 1.82) is 0 Å². The number of phenolic OH excluding ortho intramolecular Hbond substituents is 1. The molecule has 0 aliphatic heterocycles. The number of hydrogen-bond donors (Lipinski definition) is 2. The van der Waals surface area contributed by atoms with Crippen LogP contribution >= 0.6 is 0 Å². The number of carbonyl (C=O) groups excluding carboxylic acids is 1. The fraction of sp³-hybridized carbons (Fsp3) is 0.231. The minimum atomic E-state index is -3.91. The average molecular weight is 496 g/mol. The Morgan fingerprint density at radius 1 is 1.06 bits per heavy atom. The van der Waals surface area contributed by atoms with Gasteiger partial charge in [-0.2, -0.15) is 9.41 Å². The Hall–Kier alpha value is -3.69. The summed E-state index contributed by atoms with van der Waals surface area (Å²) in [5, 5.41) is 14.1. The summed E-state index contributed by atoms with van der Waals surface area (Å²) in [5.74, 6) is -0.400. The van der Waals surface area contributed by atoms with Crippen molar-refractivity contribution in [3.8, 4) is 11.5 Å². The normalized spacial score (nSPS) is 11.6. The van der Waals surface area contributed by atoms with Crippen molar-refractivity contribution in [2.45, 2.75) is 25.2 Å². The van der Waals surface area contributed by atoms with Gasteiger partial charge in [0.1, 0.15) is 0 Å². The van der Waals surface area contributed by atoms with E-state index in [2.05, 4.69) is 10.5 Å². The molecule has 0 atom stereocenters. The molecule has 3 aromatic rings. The summed E-state index contributed by atoms with van der Waals surface area (Å²) in [6, 6.07) is 20.9. The lowest BCUT2D eigenvalue weighted by Gasteiger charge is -2.21. The zero-order valence-corrected chi connectivity index (χ0v) is 20.5. The number of hydrogen-bond acceptors (Lipinski definition) is 6. The van der Waals surface area contributed by atoms with Crippen molar-refractivity contribution in [1.82, 2.24) is 9.73 Å². The van der Waals surface area contributed by atoms with Crippen molar-refractivity contribution >= 4 is 22.1 Å². The highest BCUT2D eigenvalue weighted by Crippen LogP contribution is 2.28. The maximum absolute atomic E-state index is 13.3. The van der Waals surface area contributed by atoms with E-state index < -0.39 is 22.5 Å². The van der Waals surface area contributed by atoms with E-state index in [1.807, 2.05) is 37.3 Å². The Morgan fingerprint density at radius 2 is 1.77 bits per heavy atom. The molecular weight excluding hydrogens is 466 g/mol. The summed E-state index contributed by atoms with van der Waals surface area (Å²) in [6.07, 6.45) is 1.72. The Balaban J connectivity index is 1.74. The highest BCUT2D eigenvalue weighted by molar-refractivity contribution is 7.89. The summed E-state index contributed by atoms with van der Waals surface area (Å²) in [4.78, 5) is 12.7. The maximum Gasteiger partial charge on any atom is 0.255 e. The van der Waals surface area contributed by atoms with E-state index in [0.717, 1.165) is 15.4 Å². The topological polar surface area (TPSA) is 108 Å². The van der Waals surface area contributed by atoms with Crippen LogP contribution in [0.2, 0.25) is 0 Å². The van der Waals surface area contributed by atoms with Gasteiger partial charge in [-0.15, -0.1) is 0 Å². The largest absolute Gasteiger partial charge is 0.504 e. The zero-order valence-electron chi connectivity index (χ0n) is 19.7. The fourth-order valence-corrected chi connectivity index (χ4v) is 4.72. The molecular formula is C26H29N3O5S. The van der Waals surface area contributed by atoms with Crippen LogP contribution in [0.15, 0.2) is 82.8 Å². The van der Waals surface area contributed by atoms with E-state index in [0.29, 0.717) is 24.3 Å². The van der Waals surface area contributed by atoms with Gasteiger partial charge in [0, 0.05) is 12.1 Å². The number of nitrogens with one attached hydrogen (secondary N) is 1. The van der Waals surface area contributed by atoms with E-state index in [1.165, 1.54) is 18.3 Å². The van der Waals surface area contributed by atoms with Gasteiger partial charge in [-0.1, -0.05) is 54.1 Å². The molecule has 8 nitrogen and oxygen atoms in total. The number of aromatic hydroxyl groups is 1. The van der Waals surface area contributed by atoms with E-state index in [1.54, 1.807) is 37.3 Å². The smallest absolute Gasteiger partial charge is 0.255 e. The Labute approximate surface area is 205 Å². The first kappa shape index (κ1) is 25.9. The molecule has 3 aromatic carbocycles. The second-order valence-corrected chi connectivity index (χ2v) is 9.75. The molecule has 35 heavy (non-hydrogen) atoms. The van der Waals surface area contributed by atoms with Crippen LogP contribution in [0.1, 0.15) is 23.6 Å². The van der Waals surface area contributed by atoms with E-state index in [4.69, 9.17) is 4.74 Å². The monoisotopic (exact) mass is 495 g/mol. The number of para-hydroxylation sites is 1. The number of phenols is 1. The zero-order chi connectivity index (χ0) is 25.3. The summed E-state index contributed by atoms with van der Waals surface area (Å²) in [7, 11) is -3.91. The van der Waals surface area contributed by atoms with Gasteiger partial charge in [-0.3, -0.25) is 4.79 Å². The number of benzene rings is 3. The number of hydrazone groups is 1. The number of sulfonamides is 1. The summed E-state index contributed by atoms with van der Waals surface area (Å²) in [6.45, 7) is 3.77. The van der Waals surface area contributed by atoms with Crippen LogP contribution in [0.4, 0.5) is 0 Å². The minimum Gasteiger partial charge on any atom is -0.504 e. The molecule has 184 valence electrons. The Kier molecular flexibility index (Phi) is 8.99. The SMILES string of the molecule is CCOc1cccc(/C=N\NC(=O)CN(CCc2ccccc2)S(=O)(=O)c2ccc(C)cc2)c1O. The van der Waals surface area contributed by atoms with E-state index in [9.17, 15) is 18.3 Å². The predicted octanol–water partition coefficient (Wildman–Crippen LogP) is 3.48. The van der Waals surface area contributed by atoms with Gasteiger partial charge in [0.25, 0.3) is 5.91 Å². The first-order valence-corrected chi connectivity index (χ1v) is 12.6. The Bertz CT molecular complexity index is 1260. The van der Waals surface area contributed by atoms with Crippen molar-refractivity contribution < 1.29 is 23.1 Å². The molecule has 2 N–H and O–H groups in total. The predicted molar refractivity (Wildman–Crippen MR) is 135 cm³/mol. The summed E-state index contributed by atoms with van der Waals surface area (Å²) >= 11 is 0. The third-order valence-corrected chi connectivity index (χ3v) is 7.05. The number of carbonyl (C=O) groups is 1. The third-order valence-electron chi connectivity index (χ3n) is 5.19. The van der Waals surface area contributed by atoms with Gasteiger partial charge in [-0.25, -0.2) is 13.8 Å². The van der Waals surface area contributed by atoms with Crippen LogP contribution in [0.25, 0.3) is 0 Å². The van der Waals surface area contributed by atoms with Crippen LogP contribution in [0.3, 0.4) is 0 Å².